The first-order chi connectivity index (χ1) is 8.72. The highest BCUT2D eigenvalue weighted by atomic mass is 17.1. The van der Waals surface area contributed by atoms with Crippen LogP contribution in [0.4, 0.5) is 0 Å². The van der Waals surface area contributed by atoms with Crippen molar-refractivity contribution in [1.29, 1.82) is 0 Å². The van der Waals surface area contributed by atoms with Crippen LogP contribution in [0.3, 0.4) is 0 Å². The fraction of sp³-hybridized carbons (Fsp3) is 0.800. The molecular formula is C15H28O3. The second-order valence-electron chi connectivity index (χ2n) is 4.91. The summed E-state index contributed by atoms with van der Waals surface area (Å²) in [7, 11) is 0. The Morgan fingerprint density at radius 2 is 1.39 bits per heavy atom. The molecule has 0 fully saturated rings. The summed E-state index contributed by atoms with van der Waals surface area (Å²) in [6.45, 7) is 5.80. The summed E-state index contributed by atoms with van der Waals surface area (Å²) in [6, 6.07) is 0. The monoisotopic (exact) mass is 256 g/mol. The van der Waals surface area contributed by atoms with E-state index in [4.69, 9.17) is 5.26 Å². The van der Waals surface area contributed by atoms with Crippen LogP contribution in [0.5, 0.6) is 0 Å². The van der Waals surface area contributed by atoms with Gasteiger partial charge in [0.15, 0.2) is 0 Å². The Bertz CT molecular complexity index is 224. The first kappa shape index (κ1) is 17.2. The zero-order valence-corrected chi connectivity index (χ0v) is 11.7. The van der Waals surface area contributed by atoms with Gasteiger partial charge in [0.1, 0.15) is 0 Å². The quantitative estimate of drug-likeness (QED) is 0.234. The summed E-state index contributed by atoms with van der Waals surface area (Å²) in [5.41, 5.74) is 0.358. The normalized spacial score (nSPS) is 10.3. The topological polar surface area (TPSA) is 46.5 Å². The first-order valence-corrected chi connectivity index (χ1v) is 7.26. The van der Waals surface area contributed by atoms with Crippen LogP contribution in [-0.4, -0.2) is 11.2 Å². The van der Waals surface area contributed by atoms with Crippen LogP contribution in [0, 0.1) is 0 Å². The SMILES string of the molecule is C=C(CCCCCCCCCCCC)C(=O)OO. The Morgan fingerprint density at radius 1 is 0.944 bits per heavy atom. The second-order valence-corrected chi connectivity index (χ2v) is 4.91. The van der Waals surface area contributed by atoms with Crippen molar-refractivity contribution in [2.45, 2.75) is 77.6 Å². The highest BCUT2D eigenvalue weighted by Gasteiger charge is 2.06. The van der Waals surface area contributed by atoms with Gasteiger partial charge in [0.25, 0.3) is 0 Å². The highest BCUT2D eigenvalue weighted by Crippen LogP contribution is 2.13. The largest absolute Gasteiger partial charge is 0.368 e. The average Bonchev–Trinajstić information content (AvgIpc) is 2.39. The van der Waals surface area contributed by atoms with E-state index in [0.29, 0.717) is 12.0 Å². The molecule has 0 aromatic rings. The molecule has 0 aromatic heterocycles. The van der Waals surface area contributed by atoms with Gasteiger partial charge in [-0.1, -0.05) is 71.3 Å². The molecule has 0 saturated carbocycles. The molecule has 1 N–H and O–H groups in total. The maximum Gasteiger partial charge on any atom is 0.368 e. The summed E-state index contributed by atoms with van der Waals surface area (Å²) >= 11 is 0. The first-order valence-electron chi connectivity index (χ1n) is 7.26. The number of carbonyl (C=O) groups excluding carboxylic acids is 1. The molecule has 0 aliphatic carbocycles. The molecular weight excluding hydrogens is 228 g/mol. The van der Waals surface area contributed by atoms with Crippen molar-refractivity contribution in [1.82, 2.24) is 0 Å². The number of hydrogen-bond acceptors (Lipinski definition) is 3. The van der Waals surface area contributed by atoms with Gasteiger partial charge in [0.2, 0.25) is 0 Å². The fourth-order valence-corrected chi connectivity index (χ4v) is 1.99. The summed E-state index contributed by atoms with van der Waals surface area (Å²) in [4.78, 5) is 14.4. The minimum absolute atomic E-state index is 0.358. The second kappa shape index (κ2) is 12.6. The van der Waals surface area contributed by atoms with Gasteiger partial charge in [-0.2, -0.15) is 5.26 Å². The third-order valence-electron chi connectivity index (χ3n) is 3.20. The van der Waals surface area contributed by atoms with E-state index < -0.39 is 5.97 Å². The Balaban J connectivity index is 3.16. The lowest BCUT2D eigenvalue weighted by Gasteiger charge is -2.03. The lowest BCUT2D eigenvalue weighted by molar-refractivity contribution is -0.229. The van der Waals surface area contributed by atoms with Crippen molar-refractivity contribution in [3.63, 3.8) is 0 Å². The van der Waals surface area contributed by atoms with Gasteiger partial charge in [0.05, 0.1) is 0 Å². The molecule has 0 amide bonds. The van der Waals surface area contributed by atoms with Crippen molar-refractivity contribution >= 4 is 5.97 Å². The van der Waals surface area contributed by atoms with Crippen LogP contribution in [0.15, 0.2) is 12.2 Å². The van der Waals surface area contributed by atoms with E-state index in [1.165, 1.54) is 51.4 Å². The van der Waals surface area contributed by atoms with Crippen molar-refractivity contribution in [3.8, 4) is 0 Å². The van der Waals surface area contributed by atoms with Crippen molar-refractivity contribution in [2.75, 3.05) is 0 Å². The zero-order chi connectivity index (χ0) is 13.6. The minimum Gasteiger partial charge on any atom is -0.296 e. The number of hydrogen-bond donors (Lipinski definition) is 1. The van der Waals surface area contributed by atoms with Crippen LogP contribution < -0.4 is 0 Å². The number of unbranched alkanes of at least 4 members (excludes halogenated alkanes) is 9. The molecule has 18 heavy (non-hydrogen) atoms. The van der Waals surface area contributed by atoms with E-state index in [0.717, 1.165) is 12.8 Å². The molecule has 3 heteroatoms. The summed E-state index contributed by atoms with van der Waals surface area (Å²) < 4.78 is 0. The Kier molecular flexibility index (Phi) is 12.0. The smallest absolute Gasteiger partial charge is 0.296 e. The Hall–Kier alpha value is -0.830. The van der Waals surface area contributed by atoms with Gasteiger partial charge in [-0.15, -0.1) is 0 Å². The van der Waals surface area contributed by atoms with Crippen LogP contribution in [0.1, 0.15) is 77.6 Å². The van der Waals surface area contributed by atoms with Crippen LogP contribution in [0.25, 0.3) is 0 Å². The molecule has 0 bridgehead atoms. The summed E-state index contributed by atoms with van der Waals surface area (Å²) in [5.74, 6) is -0.703. The molecule has 0 aliphatic heterocycles. The van der Waals surface area contributed by atoms with E-state index in [1.807, 2.05) is 0 Å². The van der Waals surface area contributed by atoms with Gasteiger partial charge in [0, 0.05) is 5.57 Å². The fourth-order valence-electron chi connectivity index (χ4n) is 1.99. The van der Waals surface area contributed by atoms with Gasteiger partial charge >= 0.3 is 5.97 Å². The zero-order valence-electron chi connectivity index (χ0n) is 11.7. The molecule has 0 heterocycles. The Morgan fingerprint density at radius 3 is 1.83 bits per heavy atom. The van der Waals surface area contributed by atoms with E-state index in [-0.39, 0.29) is 0 Å². The number of carbonyl (C=O) groups is 1. The molecule has 0 aliphatic rings. The third-order valence-corrected chi connectivity index (χ3v) is 3.20. The summed E-state index contributed by atoms with van der Waals surface area (Å²) in [6.07, 6.45) is 13.3. The summed E-state index contributed by atoms with van der Waals surface area (Å²) in [5, 5.41) is 8.16. The highest BCUT2D eigenvalue weighted by molar-refractivity contribution is 5.87. The third kappa shape index (κ3) is 10.3. The molecule has 0 saturated heterocycles. The molecule has 3 nitrogen and oxygen atoms in total. The van der Waals surface area contributed by atoms with Gasteiger partial charge in [-0.05, 0) is 12.8 Å². The van der Waals surface area contributed by atoms with Gasteiger partial charge in [-0.25, -0.2) is 4.79 Å². The Labute approximate surface area is 111 Å². The maximum absolute atomic E-state index is 10.8. The van der Waals surface area contributed by atoms with E-state index in [9.17, 15) is 4.79 Å². The average molecular weight is 256 g/mol. The lowest BCUT2D eigenvalue weighted by atomic mass is 10.0. The molecule has 0 atom stereocenters. The molecule has 106 valence electrons. The van der Waals surface area contributed by atoms with Crippen LogP contribution >= 0.6 is 0 Å². The molecule has 0 spiro atoms. The predicted octanol–water partition coefficient (Wildman–Crippen LogP) is 4.87. The maximum atomic E-state index is 10.8. The van der Waals surface area contributed by atoms with Crippen LogP contribution in [-0.2, 0) is 9.68 Å². The predicted molar refractivity (Wildman–Crippen MR) is 74.3 cm³/mol. The molecule has 0 rings (SSSR count). The van der Waals surface area contributed by atoms with E-state index >= 15 is 0 Å². The van der Waals surface area contributed by atoms with Crippen molar-refractivity contribution < 1.29 is 14.9 Å². The number of rotatable bonds is 12. The van der Waals surface area contributed by atoms with Crippen LogP contribution in [0.2, 0.25) is 0 Å². The van der Waals surface area contributed by atoms with Gasteiger partial charge < -0.3 is 0 Å². The van der Waals surface area contributed by atoms with Gasteiger partial charge in [-0.3, -0.25) is 4.89 Å². The molecule has 0 aromatic carbocycles. The standard InChI is InChI=1S/C15H28O3/c1-3-4-5-6-7-8-9-10-11-12-13-14(2)15(16)18-17/h17H,2-13H2,1H3. The molecule has 0 radical (unpaired) electrons. The lowest BCUT2D eigenvalue weighted by Crippen LogP contribution is -2.03. The van der Waals surface area contributed by atoms with Crippen molar-refractivity contribution in [3.05, 3.63) is 12.2 Å². The minimum atomic E-state index is -0.703. The van der Waals surface area contributed by atoms with E-state index in [2.05, 4.69) is 18.4 Å². The molecule has 0 unspecified atom stereocenters. The van der Waals surface area contributed by atoms with Crippen molar-refractivity contribution in [2.24, 2.45) is 0 Å². The van der Waals surface area contributed by atoms with E-state index in [1.54, 1.807) is 0 Å².